The molecule has 0 amide bonds. The molecule has 0 aromatic carbocycles. The molecule has 0 radical (unpaired) electrons. The molecule has 0 fully saturated rings. The highest BCUT2D eigenvalue weighted by atomic mass is 79.9. The van der Waals surface area contributed by atoms with Crippen LogP contribution in [0.25, 0.3) is 0 Å². The van der Waals surface area contributed by atoms with Crippen LogP contribution in [-0.2, 0) is 0 Å². The number of hydrogen-bond acceptors (Lipinski definition) is 4. The Morgan fingerprint density at radius 2 is 2.12 bits per heavy atom. The average molecular weight is 313 g/mol. The van der Waals surface area contributed by atoms with E-state index < -0.39 is 0 Å². The molecule has 0 aliphatic carbocycles. The van der Waals surface area contributed by atoms with Crippen molar-refractivity contribution in [2.45, 2.75) is 36.6 Å². The van der Waals surface area contributed by atoms with E-state index in [1.54, 1.807) is 18.0 Å². The predicted molar refractivity (Wildman–Crippen MR) is 71.4 cm³/mol. The zero-order chi connectivity index (χ0) is 12.4. The summed E-state index contributed by atoms with van der Waals surface area (Å²) in [6.45, 7) is 6.11. The highest BCUT2D eigenvalue weighted by Gasteiger charge is 2.10. The number of aromatic nitrogens is 2. The molecule has 0 unspecified atom stereocenters. The van der Waals surface area contributed by atoms with Crippen LogP contribution in [-0.4, -0.2) is 9.97 Å². The van der Waals surface area contributed by atoms with Gasteiger partial charge in [0.2, 0.25) is 0 Å². The summed E-state index contributed by atoms with van der Waals surface area (Å²) in [5.74, 6) is 2.08. The lowest BCUT2D eigenvalue weighted by molar-refractivity contribution is 0.527. The third-order valence-electron chi connectivity index (χ3n) is 2.23. The van der Waals surface area contributed by atoms with Crippen LogP contribution in [0.4, 0.5) is 0 Å². The molecule has 2 aromatic rings. The Kier molecular flexibility index (Phi) is 3.89. The minimum atomic E-state index is 0.317. The summed E-state index contributed by atoms with van der Waals surface area (Å²) in [5.41, 5.74) is 0. The first-order chi connectivity index (χ1) is 8.06. The molecule has 0 saturated carbocycles. The second kappa shape index (κ2) is 5.23. The van der Waals surface area contributed by atoms with Gasteiger partial charge in [-0.25, -0.2) is 9.97 Å². The summed E-state index contributed by atoms with van der Waals surface area (Å²) in [6.07, 6.45) is 1.69. The van der Waals surface area contributed by atoms with Crippen molar-refractivity contribution >= 4 is 27.7 Å². The number of aryl methyl sites for hydroxylation is 1. The molecule has 0 saturated heterocycles. The Morgan fingerprint density at radius 3 is 2.71 bits per heavy atom. The molecule has 90 valence electrons. The topological polar surface area (TPSA) is 38.9 Å². The molecule has 3 nitrogen and oxygen atoms in total. The van der Waals surface area contributed by atoms with Gasteiger partial charge in [-0.05, 0) is 28.9 Å². The molecule has 17 heavy (non-hydrogen) atoms. The normalized spacial score (nSPS) is 11.1. The van der Waals surface area contributed by atoms with E-state index in [2.05, 4.69) is 39.7 Å². The van der Waals surface area contributed by atoms with Gasteiger partial charge < -0.3 is 4.42 Å². The fraction of sp³-hybridized carbons (Fsp3) is 0.333. The van der Waals surface area contributed by atoms with E-state index in [1.807, 2.05) is 19.1 Å². The molecular formula is C12H13BrN2OS. The monoisotopic (exact) mass is 312 g/mol. The van der Waals surface area contributed by atoms with Gasteiger partial charge in [0.1, 0.15) is 21.2 Å². The number of hydrogen-bond donors (Lipinski definition) is 0. The van der Waals surface area contributed by atoms with Gasteiger partial charge in [-0.2, -0.15) is 0 Å². The summed E-state index contributed by atoms with van der Waals surface area (Å²) < 4.78 is 6.09. The van der Waals surface area contributed by atoms with Crippen LogP contribution in [0.3, 0.4) is 0 Å². The Hall–Kier alpha value is -0.810. The molecule has 0 aliphatic heterocycles. The van der Waals surface area contributed by atoms with E-state index in [-0.39, 0.29) is 0 Å². The highest BCUT2D eigenvalue weighted by molar-refractivity contribution is 9.10. The van der Waals surface area contributed by atoms with Crippen molar-refractivity contribution in [3.63, 3.8) is 0 Å². The van der Waals surface area contributed by atoms with Crippen molar-refractivity contribution in [1.82, 2.24) is 9.97 Å². The molecule has 0 spiro atoms. The number of nitrogens with zero attached hydrogens (tertiary/aromatic N) is 2. The van der Waals surface area contributed by atoms with Gasteiger partial charge >= 0.3 is 0 Å². The molecule has 2 aromatic heterocycles. The third-order valence-corrected chi connectivity index (χ3v) is 3.70. The van der Waals surface area contributed by atoms with E-state index in [1.165, 1.54) is 0 Å². The molecular weight excluding hydrogens is 300 g/mol. The molecule has 5 heteroatoms. The van der Waals surface area contributed by atoms with Crippen molar-refractivity contribution in [2.24, 2.45) is 0 Å². The van der Waals surface area contributed by atoms with Crippen LogP contribution in [0.5, 0.6) is 0 Å². The lowest BCUT2D eigenvalue weighted by Gasteiger charge is -2.06. The van der Waals surface area contributed by atoms with E-state index in [0.29, 0.717) is 5.92 Å². The summed E-state index contributed by atoms with van der Waals surface area (Å²) in [6, 6.07) is 3.87. The first-order valence-corrected chi connectivity index (χ1v) is 6.93. The Balaban J connectivity index is 2.30. The molecule has 0 aliphatic rings. The average Bonchev–Trinajstić information content (AvgIpc) is 2.63. The first-order valence-electron chi connectivity index (χ1n) is 5.32. The van der Waals surface area contributed by atoms with Crippen LogP contribution in [0.15, 0.2) is 37.3 Å². The second-order valence-corrected chi connectivity index (χ2v) is 5.86. The van der Waals surface area contributed by atoms with E-state index in [4.69, 9.17) is 4.42 Å². The van der Waals surface area contributed by atoms with Crippen LogP contribution in [0, 0.1) is 6.92 Å². The SMILES string of the molecule is Cc1occc1Sc1cc(Br)nc(C(C)C)n1. The molecule has 0 bridgehead atoms. The van der Waals surface area contributed by atoms with Gasteiger partial charge in [-0.3, -0.25) is 0 Å². The van der Waals surface area contributed by atoms with Crippen LogP contribution < -0.4 is 0 Å². The number of furan rings is 1. The van der Waals surface area contributed by atoms with Gasteiger partial charge in [0.25, 0.3) is 0 Å². The van der Waals surface area contributed by atoms with Crippen LogP contribution >= 0.6 is 27.7 Å². The van der Waals surface area contributed by atoms with E-state index >= 15 is 0 Å². The smallest absolute Gasteiger partial charge is 0.133 e. The summed E-state index contributed by atoms with van der Waals surface area (Å²) >= 11 is 5.01. The van der Waals surface area contributed by atoms with Crippen molar-refractivity contribution in [1.29, 1.82) is 0 Å². The molecule has 2 heterocycles. The molecule has 2 rings (SSSR count). The van der Waals surface area contributed by atoms with Crippen LogP contribution in [0.2, 0.25) is 0 Å². The maximum Gasteiger partial charge on any atom is 0.133 e. The summed E-state index contributed by atoms with van der Waals surface area (Å²) in [7, 11) is 0. The maximum absolute atomic E-state index is 5.27. The van der Waals surface area contributed by atoms with Gasteiger partial charge in [0.15, 0.2) is 0 Å². The van der Waals surface area contributed by atoms with Crippen molar-refractivity contribution in [2.75, 3.05) is 0 Å². The Bertz CT molecular complexity index is 525. The zero-order valence-corrected chi connectivity index (χ0v) is 12.3. The predicted octanol–water partition coefficient (Wildman–Crippen LogP) is 4.42. The lowest BCUT2D eigenvalue weighted by Crippen LogP contribution is -1.98. The fourth-order valence-corrected chi connectivity index (χ4v) is 2.72. The Labute approximate surface area is 113 Å². The van der Waals surface area contributed by atoms with E-state index in [9.17, 15) is 0 Å². The largest absolute Gasteiger partial charge is 0.468 e. The number of rotatable bonds is 3. The highest BCUT2D eigenvalue weighted by Crippen LogP contribution is 2.31. The van der Waals surface area contributed by atoms with Gasteiger partial charge in [0, 0.05) is 12.0 Å². The fourth-order valence-electron chi connectivity index (χ4n) is 1.32. The maximum atomic E-state index is 5.27. The van der Waals surface area contributed by atoms with Crippen LogP contribution in [0.1, 0.15) is 31.4 Å². The summed E-state index contributed by atoms with van der Waals surface area (Å²) in [5, 5.41) is 0.931. The summed E-state index contributed by atoms with van der Waals surface area (Å²) in [4.78, 5) is 9.97. The third kappa shape index (κ3) is 3.10. The van der Waals surface area contributed by atoms with Gasteiger partial charge in [0.05, 0.1) is 11.2 Å². The van der Waals surface area contributed by atoms with Gasteiger partial charge in [-0.15, -0.1) is 0 Å². The van der Waals surface area contributed by atoms with Crippen molar-refractivity contribution < 1.29 is 4.42 Å². The molecule has 0 N–H and O–H groups in total. The minimum Gasteiger partial charge on any atom is -0.468 e. The molecule has 0 atom stereocenters. The lowest BCUT2D eigenvalue weighted by atomic mass is 10.2. The van der Waals surface area contributed by atoms with E-state index in [0.717, 1.165) is 26.1 Å². The zero-order valence-electron chi connectivity index (χ0n) is 9.90. The standard InChI is InChI=1S/C12H13BrN2OS/c1-7(2)12-14-10(13)6-11(15-12)17-9-4-5-16-8(9)3/h4-7H,1-3H3. The quantitative estimate of drug-likeness (QED) is 0.787. The second-order valence-electron chi connectivity index (χ2n) is 3.98. The van der Waals surface area contributed by atoms with Crippen molar-refractivity contribution in [3.05, 3.63) is 34.6 Å². The Morgan fingerprint density at radius 1 is 1.35 bits per heavy atom. The van der Waals surface area contributed by atoms with Crippen molar-refractivity contribution in [3.8, 4) is 0 Å². The number of halogens is 1. The minimum absolute atomic E-state index is 0.317. The van der Waals surface area contributed by atoms with Gasteiger partial charge in [-0.1, -0.05) is 25.6 Å². The first kappa shape index (κ1) is 12.6.